The van der Waals surface area contributed by atoms with E-state index in [1.54, 1.807) is 0 Å². The number of carbonyl (C=O) groups is 2. The SMILES string of the molecule is Nc1ccc(C(=O)CC(=O)C(F)(F)F)cc1. The minimum atomic E-state index is -4.97. The number of nitrogen functional groups attached to an aromatic ring is 1. The van der Waals surface area contributed by atoms with Crippen LogP contribution in [0, 0.1) is 0 Å². The number of anilines is 1. The highest BCUT2D eigenvalue weighted by molar-refractivity contribution is 6.09. The van der Waals surface area contributed by atoms with Crippen molar-refractivity contribution in [2.24, 2.45) is 0 Å². The van der Waals surface area contributed by atoms with Crippen LogP contribution in [0.25, 0.3) is 0 Å². The van der Waals surface area contributed by atoms with Crippen molar-refractivity contribution in [1.82, 2.24) is 0 Å². The summed E-state index contributed by atoms with van der Waals surface area (Å²) in [5.74, 6) is -2.92. The number of carbonyl (C=O) groups excluding carboxylic acids is 2. The highest BCUT2D eigenvalue weighted by Gasteiger charge is 2.39. The molecule has 0 bridgehead atoms. The molecule has 1 rings (SSSR count). The van der Waals surface area contributed by atoms with Gasteiger partial charge < -0.3 is 5.73 Å². The summed E-state index contributed by atoms with van der Waals surface area (Å²) in [5, 5.41) is 0. The van der Waals surface area contributed by atoms with Crippen LogP contribution in [0.1, 0.15) is 16.8 Å². The molecule has 0 aromatic heterocycles. The summed E-state index contributed by atoms with van der Waals surface area (Å²) >= 11 is 0. The smallest absolute Gasteiger partial charge is 0.399 e. The zero-order valence-corrected chi connectivity index (χ0v) is 8.04. The Morgan fingerprint density at radius 2 is 1.62 bits per heavy atom. The number of halogens is 3. The molecule has 0 aliphatic heterocycles. The van der Waals surface area contributed by atoms with Crippen LogP contribution in [-0.4, -0.2) is 17.7 Å². The van der Waals surface area contributed by atoms with Crippen molar-refractivity contribution in [2.75, 3.05) is 5.73 Å². The number of ketones is 2. The first-order valence-corrected chi connectivity index (χ1v) is 4.29. The van der Waals surface area contributed by atoms with Crippen LogP contribution in [0.2, 0.25) is 0 Å². The third-order valence-corrected chi connectivity index (χ3v) is 1.87. The van der Waals surface area contributed by atoms with Crippen molar-refractivity contribution in [3.63, 3.8) is 0 Å². The largest absolute Gasteiger partial charge is 0.450 e. The van der Waals surface area contributed by atoms with Crippen LogP contribution in [0.15, 0.2) is 24.3 Å². The van der Waals surface area contributed by atoms with Gasteiger partial charge in [0.2, 0.25) is 5.78 Å². The minimum absolute atomic E-state index is 0.0341. The lowest BCUT2D eigenvalue weighted by Crippen LogP contribution is -2.25. The molecular formula is C10H8F3NO2. The number of hydrogen-bond donors (Lipinski definition) is 1. The molecule has 6 heteroatoms. The molecule has 0 saturated carbocycles. The molecule has 0 unspecified atom stereocenters. The molecule has 0 fully saturated rings. The predicted molar refractivity (Wildman–Crippen MR) is 50.9 cm³/mol. The Hall–Kier alpha value is -1.85. The van der Waals surface area contributed by atoms with Crippen LogP contribution in [0.5, 0.6) is 0 Å². The van der Waals surface area contributed by atoms with Crippen LogP contribution >= 0.6 is 0 Å². The topological polar surface area (TPSA) is 60.2 Å². The van der Waals surface area contributed by atoms with E-state index in [0.29, 0.717) is 5.69 Å². The fourth-order valence-corrected chi connectivity index (χ4v) is 1.02. The molecule has 0 atom stereocenters. The van der Waals surface area contributed by atoms with Crippen molar-refractivity contribution in [2.45, 2.75) is 12.6 Å². The Balaban J connectivity index is 2.74. The Bertz CT molecular complexity index is 409. The molecule has 0 aliphatic rings. The first kappa shape index (κ1) is 12.2. The van der Waals surface area contributed by atoms with Crippen molar-refractivity contribution >= 4 is 17.3 Å². The van der Waals surface area contributed by atoms with Gasteiger partial charge in [-0.15, -0.1) is 0 Å². The molecule has 0 radical (unpaired) electrons. The molecule has 0 aliphatic carbocycles. The van der Waals surface area contributed by atoms with E-state index < -0.39 is 24.2 Å². The van der Waals surface area contributed by atoms with Gasteiger partial charge >= 0.3 is 6.18 Å². The van der Waals surface area contributed by atoms with Crippen LogP contribution < -0.4 is 5.73 Å². The molecule has 0 amide bonds. The summed E-state index contributed by atoms with van der Waals surface area (Å²) in [7, 11) is 0. The molecule has 3 nitrogen and oxygen atoms in total. The van der Waals surface area contributed by atoms with Gasteiger partial charge in [0.05, 0.1) is 6.42 Å². The molecule has 86 valence electrons. The lowest BCUT2D eigenvalue weighted by Gasteiger charge is -2.04. The second-order valence-corrected chi connectivity index (χ2v) is 3.14. The number of Topliss-reactive ketones (excluding diaryl/α,β-unsaturated/α-hetero) is 2. The maximum atomic E-state index is 11.9. The fourth-order valence-electron chi connectivity index (χ4n) is 1.02. The van der Waals surface area contributed by atoms with E-state index >= 15 is 0 Å². The number of benzene rings is 1. The lowest BCUT2D eigenvalue weighted by atomic mass is 10.1. The molecule has 1 aromatic rings. The van der Waals surface area contributed by atoms with Gasteiger partial charge in [0.1, 0.15) is 0 Å². The minimum Gasteiger partial charge on any atom is -0.399 e. The highest BCUT2D eigenvalue weighted by Crippen LogP contribution is 2.19. The Labute approximate surface area is 89.1 Å². The normalized spacial score (nSPS) is 11.2. The Morgan fingerprint density at radius 1 is 1.12 bits per heavy atom. The van der Waals surface area contributed by atoms with E-state index in [-0.39, 0.29) is 5.56 Å². The molecule has 2 N–H and O–H groups in total. The third kappa shape index (κ3) is 3.08. The number of alkyl halides is 3. The molecule has 0 saturated heterocycles. The summed E-state index contributed by atoms with van der Waals surface area (Å²) in [6.45, 7) is 0. The van der Waals surface area contributed by atoms with Gasteiger partial charge in [0.25, 0.3) is 0 Å². The van der Waals surface area contributed by atoms with E-state index in [1.807, 2.05) is 0 Å². The van der Waals surface area contributed by atoms with Gasteiger partial charge in [-0.25, -0.2) is 0 Å². The molecule has 0 spiro atoms. The van der Waals surface area contributed by atoms with E-state index in [1.165, 1.54) is 24.3 Å². The standard InChI is InChI=1S/C10H8F3NO2/c11-10(12,13)9(16)5-8(15)6-1-3-7(14)4-2-6/h1-4H,5,14H2. The molecule has 16 heavy (non-hydrogen) atoms. The van der Waals surface area contributed by atoms with Gasteiger partial charge in [-0.3, -0.25) is 9.59 Å². The van der Waals surface area contributed by atoms with Crippen molar-refractivity contribution in [3.05, 3.63) is 29.8 Å². The summed E-state index contributed by atoms with van der Waals surface area (Å²) in [4.78, 5) is 21.8. The second kappa shape index (κ2) is 4.34. The first-order chi connectivity index (χ1) is 7.30. The number of hydrogen-bond acceptors (Lipinski definition) is 3. The molecule has 0 heterocycles. The van der Waals surface area contributed by atoms with Crippen molar-refractivity contribution < 1.29 is 22.8 Å². The first-order valence-electron chi connectivity index (χ1n) is 4.29. The average Bonchev–Trinajstić information content (AvgIpc) is 2.17. The summed E-state index contributed by atoms with van der Waals surface area (Å²) in [6, 6.07) is 5.32. The summed E-state index contributed by atoms with van der Waals surface area (Å²) in [6.07, 6.45) is -6.14. The Kier molecular flexibility index (Phi) is 3.31. The van der Waals surface area contributed by atoms with Crippen molar-refractivity contribution in [3.8, 4) is 0 Å². The molecular weight excluding hydrogens is 223 g/mol. The van der Waals surface area contributed by atoms with Gasteiger partial charge in [0.15, 0.2) is 5.78 Å². The van der Waals surface area contributed by atoms with Gasteiger partial charge in [0, 0.05) is 11.3 Å². The Morgan fingerprint density at radius 3 is 2.06 bits per heavy atom. The fraction of sp³-hybridized carbons (Fsp3) is 0.200. The molecule has 1 aromatic carbocycles. The van der Waals surface area contributed by atoms with Crippen LogP contribution in [0.4, 0.5) is 18.9 Å². The monoisotopic (exact) mass is 231 g/mol. The van der Waals surface area contributed by atoms with Crippen LogP contribution in [-0.2, 0) is 4.79 Å². The zero-order valence-electron chi connectivity index (χ0n) is 8.04. The van der Waals surface area contributed by atoms with Crippen LogP contribution in [0.3, 0.4) is 0 Å². The van der Waals surface area contributed by atoms with E-state index in [0.717, 1.165) is 0 Å². The van der Waals surface area contributed by atoms with E-state index in [2.05, 4.69) is 0 Å². The summed E-state index contributed by atoms with van der Waals surface area (Å²) < 4.78 is 35.6. The second-order valence-electron chi connectivity index (χ2n) is 3.14. The quantitative estimate of drug-likeness (QED) is 0.491. The highest BCUT2D eigenvalue weighted by atomic mass is 19.4. The number of nitrogens with two attached hydrogens (primary N) is 1. The summed E-state index contributed by atoms with van der Waals surface area (Å²) in [5.41, 5.74) is 5.76. The van der Waals surface area contributed by atoms with Gasteiger partial charge in [-0.05, 0) is 24.3 Å². The van der Waals surface area contributed by atoms with Gasteiger partial charge in [-0.1, -0.05) is 0 Å². The maximum absolute atomic E-state index is 11.9. The van der Waals surface area contributed by atoms with Crippen molar-refractivity contribution in [1.29, 1.82) is 0 Å². The zero-order chi connectivity index (χ0) is 12.3. The van der Waals surface area contributed by atoms with Gasteiger partial charge in [-0.2, -0.15) is 13.2 Å². The number of rotatable bonds is 3. The predicted octanol–water partition coefficient (Wildman–Crippen LogP) is 1.97. The van der Waals surface area contributed by atoms with E-state index in [9.17, 15) is 22.8 Å². The maximum Gasteiger partial charge on any atom is 0.450 e. The third-order valence-electron chi connectivity index (χ3n) is 1.87. The average molecular weight is 231 g/mol. The van der Waals surface area contributed by atoms with E-state index in [4.69, 9.17) is 5.73 Å². The lowest BCUT2D eigenvalue weighted by molar-refractivity contribution is -0.170.